The van der Waals surface area contributed by atoms with Gasteiger partial charge in [0, 0.05) is 18.7 Å². The lowest BCUT2D eigenvalue weighted by Crippen LogP contribution is -2.40. The number of carbonyl (C=O) groups is 3. The van der Waals surface area contributed by atoms with E-state index < -0.39 is 11.9 Å². The fourth-order valence-electron chi connectivity index (χ4n) is 5.37. The minimum atomic E-state index is -1.45. The highest BCUT2D eigenvalue weighted by molar-refractivity contribution is 6.31. The highest BCUT2D eigenvalue weighted by atomic mass is 16.4. The Morgan fingerprint density at radius 1 is 0.868 bits per heavy atom. The second kappa shape index (κ2) is 16.0. The SMILES string of the molecule is CCCCCCCCCCCCNC(=O)c1ccc(CN(C(=O)C(=O)O)C2CCCc3ccccc32)cc1. The summed E-state index contributed by atoms with van der Waals surface area (Å²) >= 11 is 0. The summed E-state index contributed by atoms with van der Waals surface area (Å²) < 4.78 is 0. The van der Waals surface area contributed by atoms with E-state index in [1.54, 1.807) is 12.1 Å². The molecule has 0 aliphatic heterocycles. The number of unbranched alkanes of at least 4 members (excludes halogenated alkanes) is 9. The molecule has 0 saturated heterocycles. The van der Waals surface area contributed by atoms with Gasteiger partial charge in [-0.25, -0.2) is 4.79 Å². The van der Waals surface area contributed by atoms with Gasteiger partial charge < -0.3 is 15.3 Å². The zero-order valence-electron chi connectivity index (χ0n) is 22.9. The van der Waals surface area contributed by atoms with Crippen molar-refractivity contribution in [3.05, 3.63) is 70.8 Å². The van der Waals surface area contributed by atoms with E-state index in [0.29, 0.717) is 12.1 Å². The highest BCUT2D eigenvalue weighted by Gasteiger charge is 2.32. The Balaban J connectivity index is 1.46. The standard InChI is InChI=1S/C32H44N2O4/c1-2-3-4-5-6-7-8-9-10-13-23-33-30(35)27-21-19-25(20-22-27)24-34(31(36)32(37)38)29-18-14-16-26-15-11-12-17-28(26)29/h11-12,15,17,19-22,29H,2-10,13-14,16,18,23-24H2,1H3,(H,33,35)(H,37,38). The van der Waals surface area contributed by atoms with Crippen LogP contribution in [-0.2, 0) is 22.6 Å². The summed E-state index contributed by atoms with van der Waals surface area (Å²) in [6, 6.07) is 14.8. The van der Waals surface area contributed by atoms with Gasteiger partial charge in [0.25, 0.3) is 5.91 Å². The minimum Gasteiger partial charge on any atom is -0.474 e. The monoisotopic (exact) mass is 520 g/mol. The molecule has 0 bridgehead atoms. The fraction of sp³-hybridized carbons (Fsp3) is 0.531. The van der Waals surface area contributed by atoms with Crippen LogP contribution in [-0.4, -0.2) is 34.3 Å². The summed E-state index contributed by atoms with van der Waals surface area (Å²) in [5.41, 5.74) is 3.56. The van der Waals surface area contributed by atoms with Crippen LogP contribution in [0.1, 0.15) is 117 Å². The Bertz CT molecular complexity index is 1030. The van der Waals surface area contributed by atoms with E-state index in [-0.39, 0.29) is 18.5 Å². The summed E-state index contributed by atoms with van der Waals surface area (Å²) in [4.78, 5) is 38.3. The number of carboxylic acid groups (broad SMARTS) is 1. The molecule has 2 amide bonds. The first kappa shape index (κ1) is 29.4. The summed E-state index contributed by atoms with van der Waals surface area (Å²) in [6.07, 6.45) is 15.2. The third-order valence-electron chi connectivity index (χ3n) is 7.54. The molecule has 1 aliphatic carbocycles. The molecule has 0 heterocycles. The van der Waals surface area contributed by atoms with Crippen molar-refractivity contribution in [2.45, 2.75) is 103 Å². The maximum absolute atomic E-state index is 12.7. The zero-order valence-corrected chi connectivity index (χ0v) is 22.9. The van der Waals surface area contributed by atoms with Gasteiger partial charge in [-0.15, -0.1) is 0 Å². The van der Waals surface area contributed by atoms with Crippen molar-refractivity contribution in [2.75, 3.05) is 6.54 Å². The molecule has 0 aromatic heterocycles. The average Bonchev–Trinajstić information content (AvgIpc) is 2.94. The number of benzene rings is 2. The molecule has 1 atom stereocenters. The molecule has 3 rings (SSSR count). The quantitative estimate of drug-likeness (QED) is 0.199. The second-order valence-corrected chi connectivity index (χ2v) is 10.5. The first-order chi connectivity index (χ1) is 18.5. The van der Waals surface area contributed by atoms with E-state index in [4.69, 9.17) is 0 Å². The van der Waals surface area contributed by atoms with Crippen LogP contribution < -0.4 is 5.32 Å². The van der Waals surface area contributed by atoms with Gasteiger partial charge in [0.05, 0.1) is 6.04 Å². The van der Waals surface area contributed by atoms with Gasteiger partial charge in [0.15, 0.2) is 0 Å². The number of aliphatic carboxylic acids is 1. The molecule has 0 spiro atoms. The molecule has 2 aromatic carbocycles. The fourth-order valence-corrected chi connectivity index (χ4v) is 5.37. The van der Waals surface area contributed by atoms with Crippen LogP contribution >= 0.6 is 0 Å². The Hall–Kier alpha value is -3.15. The predicted octanol–water partition coefficient (Wildman–Crippen LogP) is 6.83. The molecule has 2 aromatic rings. The molecular weight excluding hydrogens is 476 g/mol. The van der Waals surface area contributed by atoms with Gasteiger partial charge in [-0.05, 0) is 54.5 Å². The minimum absolute atomic E-state index is 0.104. The normalized spacial score (nSPS) is 14.5. The molecule has 0 fully saturated rings. The van der Waals surface area contributed by atoms with Crippen molar-refractivity contribution in [2.24, 2.45) is 0 Å². The Morgan fingerprint density at radius 2 is 1.50 bits per heavy atom. The molecule has 0 saturated carbocycles. The van der Waals surface area contributed by atoms with E-state index in [9.17, 15) is 19.5 Å². The molecule has 0 radical (unpaired) electrons. The van der Waals surface area contributed by atoms with E-state index in [2.05, 4.69) is 12.2 Å². The maximum Gasteiger partial charge on any atom is 0.394 e. The first-order valence-corrected chi connectivity index (χ1v) is 14.5. The lowest BCUT2D eigenvalue weighted by molar-refractivity contribution is -0.158. The number of aryl methyl sites for hydroxylation is 1. The Morgan fingerprint density at radius 3 is 2.16 bits per heavy atom. The zero-order chi connectivity index (χ0) is 27.2. The second-order valence-electron chi connectivity index (χ2n) is 10.5. The van der Waals surface area contributed by atoms with Gasteiger partial charge in [-0.3, -0.25) is 9.59 Å². The molecular formula is C32H44N2O4. The number of nitrogens with zero attached hydrogens (tertiary/aromatic N) is 1. The Kier molecular flexibility index (Phi) is 12.3. The summed E-state index contributed by atoms with van der Waals surface area (Å²) in [7, 11) is 0. The van der Waals surface area contributed by atoms with Gasteiger partial charge in [-0.2, -0.15) is 0 Å². The largest absolute Gasteiger partial charge is 0.474 e. The van der Waals surface area contributed by atoms with Crippen molar-refractivity contribution in [1.29, 1.82) is 0 Å². The number of carbonyl (C=O) groups excluding carboxylic acids is 2. The van der Waals surface area contributed by atoms with E-state index in [1.807, 2.05) is 36.4 Å². The van der Waals surface area contributed by atoms with Gasteiger partial charge in [0.1, 0.15) is 0 Å². The number of hydrogen-bond donors (Lipinski definition) is 2. The van der Waals surface area contributed by atoms with Gasteiger partial charge in [-0.1, -0.05) is 101 Å². The van der Waals surface area contributed by atoms with Crippen LogP contribution in [0.2, 0.25) is 0 Å². The van der Waals surface area contributed by atoms with Crippen molar-refractivity contribution >= 4 is 17.8 Å². The predicted molar refractivity (Wildman–Crippen MR) is 151 cm³/mol. The lowest BCUT2D eigenvalue weighted by Gasteiger charge is -2.35. The highest BCUT2D eigenvalue weighted by Crippen LogP contribution is 2.35. The van der Waals surface area contributed by atoms with Gasteiger partial charge >= 0.3 is 11.9 Å². The van der Waals surface area contributed by atoms with Crippen LogP contribution in [0.3, 0.4) is 0 Å². The molecule has 38 heavy (non-hydrogen) atoms. The molecule has 2 N–H and O–H groups in total. The van der Waals surface area contributed by atoms with Crippen LogP contribution in [0.15, 0.2) is 48.5 Å². The number of rotatable bonds is 15. The number of carboxylic acids is 1. The van der Waals surface area contributed by atoms with Crippen molar-refractivity contribution in [3.63, 3.8) is 0 Å². The van der Waals surface area contributed by atoms with Crippen LogP contribution in [0, 0.1) is 0 Å². The molecule has 6 nitrogen and oxygen atoms in total. The smallest absolute Gasteiger partial charge is 0.394 e. The van der Waals surface area contributed by atoms with Gasteiger partial charge in [0.2, 0.25) is 0 Å². The average molecular weight is 521 g/mol. The van der Waals surface area contributed by atoms with Crippen LogP contribution in [0.25, 0.3) is 0 Å². The third-order valence-corrected chi connectivity index (χ3v) is 7.54. The lowest BCUT2D eigenvalue weighted by atomic mass is 9.86. The molecule has 6 heteroatoms. The van der Waals surface area contributed by atoms with Crippen LogP contribution in [0.4, 0.5) is 0 Å². The van der Waals surface area contributed by atoms with Crippen molar-refractivity contribution < 1.29 is 19.5 Å². The topological polar surface area (TPSA) is 86.7 Å². The number of hydrogen-bond acceptors (Lipinski definition) is 3. The van der Waals surface area contributed by atoms with Crippen LogP contribution in [0.5, 0.6) is 0 Å². The van der Waals surface area contributed by atoms with E-state index >= 15 is 0 Å². The first-order valence-electron chi connectivity index (χ1n) is 14.5. The summed E-state index contributed by atoms with van der Waals surface area (Å²) in [5.74, 6) is -2.45. The molecule has 206 valence electrons. The van der Waals surface area contributed by atoms with E-state index in [1.165, 1.54) is 61.8 Å². The molecule has 1 unspecified atom stereocenters. The van der Waals surface area contributed by atoms with E-state index in [0.717, 1.165) is 43.2 Å². The summed E-state index contributed by atoms with van der Waals surface area (Å²) in [5, 5.41) is 12.5. The summed E-state index contributed by atoms with van der Waals surface area (Å²) in [6.45, 7) is 3.09. The van der Waals surface area contributed by atoms with Crippen molar-refractivity contribution in [3.8, 4) is 0 Å². The molecule has 1 aliphatic rings. The number of nitrogens with one attached hydrogen (secondary N) is 1. The maximum atomic E-state index is 12.7. The number of amides is 2. The third kappa shape index (κ3) is 9.00. The number of fused-ring (bicyclic) bond motifs is 1. The Labute approximate surface area is 227 Å². The van der Waals surface area contributed by atoms with Crippen molar-refractivity contribution in [1.82, 2.24) is 10.2 Å².